The highest BCUT2D eigenvalue weighted by molar-refractivity contribution is 7.11. The van der Waals surface area contributed by atoms with Crippen molar-refractivity contribution in [3.8, 4) is 0 Å². The fraction of sp³-hybridized carbons (Fsp3) is 0.588. The van der Waals surface area contributed by atoms with Crippen LogP contribution in [0.25, 0.3) is 0 Å². The summed E-state index contributed by atoms with van der Waals surface area (Å²) < 4.78 is 3.42. The van der Waals surface area contributed by atoms with Gasteiger partial charge in [-0.2, -0.15) is 5.10 Å². The number of hydrogen-bond donors (Lipinski definition) is 2. The Bertz CT molecular complexity index is 787. The highest BCUT2D eigenvalue weighted by atomic mass is 32.1. The van der Waals surface area contributed by atoms with Crippen LogP contribution in [0.15, 0.2) is 21.9 Å². The Morgan fingerprint density at radius 2 is 2.24 bits per heavy atom. The molecule has 2 aromatic heterocycles. The molecule has 25 heavy (non-hydrogen) atoms. The summed E-state index contributed by atoms with van der Waals surface area (Å²) in [5.41, 5.74) is 0.0327. The summed E-state index contributed by atoms with van der Waals surface area (Å²) in [4.78, 5) is 19.1. The average molecular weight is 363 g/mol. The van der Waals surface area contributed by atoms with Gasteiger partial charge in [0.15, 0.2) is 5.96 Å². The van der Waals surface area contributed by atoms with Gasteiger partial charge in [0, 0.05) is 42.9 Å². The summed E-state index contributed by atoms with van der Waals surface area (Å²) in [6, 6.07) is 4.26. The van der Waals surface area contributed by atoms with E-state index in [1.165, 1.54) is 9.75 Å². The Balaban J connectivity index is 1.43. The van der Waals surface area contributed by atoms with Crippen LogP contribution in [0.1, 0.15) is 34.8 Å². The first-order valence-electron chi connectivity index (χ1n) is 8.83. The number of hydrogen-bond acceptors (Lipinski definition) is 4. The van der Waals surface area contributed by atoms with Crippen molar-refractivity contribution in [2.24, 2.45) is 4.99 Å². The van der Waals surface area contributed by atoms with Gasteiger partial charge in [0.1, 0.15) is 5.82 Å². The third kappa shape index (κ3) is 4.50. The first kappa shape index (κ1) is 17.7. The van der Waals surface area contributed by atoms with E-state index in [9.17, 15) is 4.79 Å². The van der Waals surface area contributed by atoms with Crippen LogP contribution in [-0.4, -0.2) is 33.9 Å². The molecule has 3 rings (SSSR count). The van der Waals surface area contributed by atoms with Crippen LogP contribution >= 0.6 is 11.3 Å². The van der Waals surface area contributed by atoms with Gasteiger partial charge < -0.3 is 10.6 Å². The number of aryl methyl sites for hydroxylation is 3. The molecule has 0 aromatic carbocycles. The predicted octanol–water partition coefficient (Wildman–Crippen LogP) is 1.51. The number of nitrogens with zero attached hydrogens (tertiary/aromatic N) is 4. The van der Waals surface area contributed by atoms with Crippen molar-refractivity contribution in [3.05, 3.63) is 38.2 Å². The van der Waals surface area contributed by atoms with E-state index in [2.05, 4.69) is 39.8 Å². The minimum atomic E-state index is 0.0327. The largest absolute Gasteiger partial charge is 0.356 e. The molecule has 1 aliphatic rings. The van der Waals surface area contributed by atoms with Gasteiger partial charge in [-0.05, 0) is 38.3 Å². The van der Waals surface area contributed by atoms with Gasteiger partial charge in [0.2, 0.25) is 0 Å². The Labute approximate surface area is 151 Å². The lowest BCUT2D eigenvalue weighted by atomic mass is 10.2. The van der Waals surface area contributed by atoms with Gasteiger partial charge in [-0.15, -0.1) is 11.3 Å². The summed E-state index contributed by atoms with van der Waals surface area (Å²) in [6.45, 7) is 5.07. The van der Waals surface area contributed by atoms with Crippen LogP contribution in [0.5, 0.6) is 0 Å². The van der Waals surface area contributed by atoms with E-state index in [0.29, 0.717) is 6.54 Å². The van der Waals surface area contributed by atoms with Crippen molar-refractivity contribution in [1.29, 1.82) is 0 Å². The van der Waals surface area contributed by atoms with Crippen LogP contribution in [0.3, 0.4) is 0 Å². The SMILES string of the molecule is CN=C(NCCCn1nc2n(c1=O)CCCC2)NCc1ccc(C)s1. The Kier molecular flexibility index (Phi) is 5.91. The minimum Gasteiger partial charge on any atom is -0.356 e. The number of nitrogens with one attached hydrogen (secondary N) is 2. The normalized spacial score (nSPS) is 14.4. The molecule has 136 valence electrons. The highest BCUT2D eigenvalue weighted by Crippen LogP contribution is 2.14. The first-order valence-corrected chi connectivity index (χ1v) is 9.65. The molecular formula is C17H26N6OS. The lowest BCUT2D eigenvalue weighted by Gasteiger charge is -2.11. The second kappa shape index (κ2) is 8.33. The maximum Gasteiger partial charge on any atom is 0.345 e. The average Bonchev–Trinajstić information content (AvgIpc) is 3.18. The summed E-state index contributed by atoms with van der Waals surface area (Å²) in [5.74, 6) is 1.72. The summed E-state index contributed by atoms with van der Waals surface area (Å²) >= 11 is 1.79. The smallest absolute Gasteiger partial charge is 0.345 e. The second-order valence-corrected chi connectivity index (χ2v) is 7.62. The van der Waals surface area contributed by atoms with E-state index >= 15 is 0 Å². The maximum absolute atomic E-state index is 12.3. The predicted molar refractivity (Wildman–Crippen MR) is 101 cm³/mol. The van der Waals surface area contributed by atoms with E-state index in [1.807, 2.05) is 4.57 Å². The van der Waals surface area contributed by atoms with Gasteiger partial charge >= 0.3 is 5.69 Å². The molecule has 0 saturated heterocycles. The zero-order chi connectivity index (χ0) is 17.6. The topological polar surface area (TPSA) is 76.2 Å². The molecule has 0 bridgehead atoms. The highest BCUT2D eigenvalue weighted by Gasteiger charge is 2.16. The van der Waals surface area contributed by atoms with E-state index in [4.69, 9.17) is 0 Å². The minimum absolute atomic E-state index is 0.0327. The van der Waals surface area contributed by atoms with Gasteiger partial charge in [-0.3, -0.25) is 9.56 Å². The van der Waals surface area contributed by atoms with Crippen molar-refractivity contribution in [1.82, 2.24) is 25.0 Å². The first-order chi connectivity index (χ1) is 12.2. The van der Waals surface area contributed by atoms with Crippen molar-refractivity contribution in [2.45, 2.75) is 52.2 Å². The summed E-state index contributed by atoms with van der Waals surface area (Å²) in [7, 11) is 1.77. The molecule has 2 N–H and O–H groups in total. The third-order valence-electron chi connectivity index (χ3n) is 4.32. The molecule has 0 aliphatic carbocycles. The molecule has 3 heterocycles. The van der Waals surface area contributed by atoms with E-state index in [-0.39, 0.29) is 5.69 Å². The van der Waals surface area contributed by atoms with Gasteiger partial charge in [-0.1, -0.05) is 0 Å². The van der Waals surface area contributed by atoms with Crippen molar-refractivity contribution in [2.75, 3.05) is 13.6 Å². The molecule has 8 heteroatoms. The number of fused-ring (bicyclic) bond motifs is 1. The van der Waals surface area contributed by atoms with Crippen molar-refractivity contribution >= 4 is 17.3 Å². The summed E-state index contributed by atoms with van der Waals surface area (Å²) in [5, 5.41) is 11.1. The van der Waals surface area contributed by atoms with Crippen LogP contribution in [-0.2, 0) is 26.1 Å². The zero-order valence-corrected chi connectivity index (χ0v) is 15.7. The molecule has 7 nitrogen and oxygen atoms in total. The quantitative estimate of drug-likeness (QED) is 0.464. The third-order valence-corrected chi connectivity index (χ3v) is 5.32. The molecule has 0 radical (unpaired) electrons. The number of rotatable bonds is 6. The standard InChI is InChI=1S/C17H26N6OS/c1-13-7-8-14(25-13)12-20-16(18-2)19-9-5-11-23-17(24)22-10-4-3-6-15(22)21-23/h7-8H,3-6,9-12H2,1-2H3,(H2,18,19,20). The molecular weight excluding hydrogens is 336 g/mol. The number of thiophene rings is 1. The summed E-state index contributed by atoms with van der Waals surface area (Å²) in [6.07, 6.45) is 3.95. The second-order valence-electron chi connectivity index (χ2n) is 6.25. The molecule has 0 spiro atoms. The van der Waals surface area contributed by atoms with Crippen LogP contribution in [0.4, 0.5) is 0 Å². The molecule has 1 aliphatic heterocycles. The zero-order valence-electron chi connectivity index (χ0n) is 14.9. The Hall–Kier alpha value is -2.09. The molecule has 0 atom stereocenters. The van der Waals surface area contributed by atoms with Crippen LogP contribution < -0.4 is 16.3 Å². The van der Waals surface area contributed by atoms with Crippen LogP contribution in [0, 0.1) is 6.92 Å². The Morgan fingerprint density at radius 1 is 1.36 bits per heavy atom. The van der Waals surface area contributed by atoms with Gasteiger partial charge in [-0.25, -0.2) is 9.48 Å². The Morgan fingerprint density at radius 3 is 2.96 bits per heavy atom. The molecule has 0 saturated carbocycles. The van der Waals surface area contributed by atoms with Gasteiger partial charge in [0.25, 0.3) is 0 Å². The number of guanidine groups is 1. The number of aromatic nitrogens is 3. The lowest BCUT2D eigenvalue weighted by molar-refractivity contribution is 0.509. The number of aliphatic imine (C=N–C) groups is 1. The van der Waals surface area contributed by atoms with E-state index in [0.717, 1.165) is 57.1 Å². The van der Waals surface area contributed by atoms with E-state index < -0.39 is 0 Å². The van der Waals surface area contributed by atoms with Crippen molar-refractivity contribution in [3.63, 3.8) is 0 Å². The molecule has 2 aromatic rings. The monoisotopic (exact) mass is 362 g/mol. The van der Waals surface area contributed by atoms with E-state index in [1.54, 1.807) is 23.1 Å². The van der Waals surface area contributed by atoms with Crippen LogP contribution in [0.2, 0.25) is 0 Å². The fourth-order valence-corrected chi connectivity index (χ4v) is 3.83. The maximum atomic E-state index is 12.3. The molecule has 0 unspecified atom stereocenters. The fourth-order valence-electron chi connectivity index (χ4n) is 3.00. The van der Waals surface area contributed by atoms with Gasteiger partial charge in [0.05, 0.1) is 6.54 Å². The molecule has 0 fully saturated rings. The lowest BCUT2D eigenvalue weighted by Crippen LogP contribution is -2.37. The molecule has 0 amide bonds. The van der Waals surface area contributed by atoms with Crippen molar-refractivity contribution < 1.29 is 0 Å².